The molecule has 0 aromatic heterocycles. The number of rotatable bonds is 16. The van der Waals surface area contributed by atoms with Gasteiger partial charge in [0.1, 0.15) is 0 Å². The highest BCUT2D eigenvalue weighted by atomic mass is 28.4. The van der Waals surface area contributed by atoms with E-state index in [1.54, 1.807) is 19.9 Å². The van der Waals surface area contributed by atoms with Crippen LogP contribution in [0, 0.1) is 11.8 Å². The fraction of sp³-hybridized carbons (Fsp3) is 0.500. The Hall–Kier alpha value is -2.73. The summed E-state index contributed by atoms with van der Waals surface area (Å²) < 4.78 is 7.06. The number of aliphatic hydroxyl groups is 1. The molecule has 0 saturated heterocycles. The van der Waals surface area contributed by atoms with Crippen LogP contribution >= 0.6 is 0 Å². The number of aryl methyl sites for hydroxylation is 1. The zero-order valence-electron chi connectivity index (χ0n) is 28.8. The van der Waals surface area contributed by atoms with Gasteiger partial charge in [0.05, 0.1) is 12.7 Å². The average molecular weight is 606 g/mol. The average Bonchev–Trinajstić information content (AvgIpc) is 2.93. The summed E-state index contributed by atoms with van der Waals surface area (Å²) in [6.45, 7) is 24.0. The number of carbonyl (C=O) groups is 1. The second kappa shape index (κ2) is 18.8. The first-order chi connectivity index (χ1) is 20.1. The molecule has 43 heavy (non-hydrogen) atoms. The summed E-state index contributed by atoms with van der Waals surface area (Å²) in [5.74, 6) is 0.527. The van der Waals surface area contributed by atoms with Gasteiger partial charge in [-0.15, -0.1) is 0 Å². The second-order valence-electron chi connectivity index (χ2n) is 13.5. The second-order valence-corrected chi connectivity index (χ2v) is 18.3. The molecule has 1 rings (SSSR count). The van der Waals surface area contributed by atoms with Gasteiger partial charge in [0, 0.05) is 17.5 Å². The number of allylic oxidation sites excluding steroid dienone is 9. The molecule has 1 amide bonds. The SMILES string of the molecule is CC(/C=C/C=C/C=C/C=C(\C)C(=O)N[C@@H](C)CO)=C\[C@@H](C)[C@H](O[Si](C)(C)C(C)(C)C)/C(C)=C/[C@@H](C)CCc1ccccc1. The van der Waals surface area contributed by atoms with Crippen LogP contribution in [0.1, 0.15) is 74.3 Å². The lowest BCUT2D eigenvalue weighted by Gasteiger charge is -2.41. The van der Waals surface area contributed by atoms with E-state index in [2.05, 4.69) is 115 Å². The molecule has 0 aliphatic heterocycles. The summed E-state index contributed by atoms with van der Waals surface area (Å²) in [5.41, 5.74) is 4.50. The van der Waals surface area contributed by atoms with Gasteiger partial charge < -0.3 is 14.8 Å². The fourth-order valence-corrected chi connectivity index (χ4v) is 5.78. The number of amides is 1. The first kappa shape index (κ1) is 38.3. The van der Waals surface area contributed by atoms with Crippen molar-refractivity contribution < 1.29 is 14.3 Å². The molecule has 0 unspecified atom stereocenters. The van der Waals surface area contributed by atoms with Gasteiger partial charge in [-0.05, 0) is 75.7 Å². The molecule has 0 aliphatic carbocycles. The molecule has 2 N–H and O–H groups in total. The molecule has 4 atom stereocenters. The van der Waals surface area contributed by atoms with E-state index in [4.69, 9.17) is 9.53 Å². The minimum absolute atomic E-state index is 0.0366. The molecular formula is C38H59NO3Si. The largest absolute Gasteiger partial charge is 0.410 e. The zero-order chi connectivity index (χ0) is 32.6. The third kappa shape index (κ3) is 15.0. The van der Waals surface area contributed by atoms with Crippen molar-refractivity contribution in [2.45, 2.75) is 105 Å². The molecule has 0 bridgehead atoms. The normalized spacial score (nSPS) is 17.1. The van der Waals surface area contributed by atoms with Crippen LogP contribution in [0.2, 0.25) is 18.1 Å². The third-order valence-corrected chi connectivity index (χ3v) is 12.6. The molecular weight excluding hydrogens is 547 g/mol. The molecule has 5 heteroatoms. The fourth-order valence-electron chi connectivity index (χ4n) is 4.39. The van der Waals surface area contributed by atoms with Gasteiger partial charge in [0.15, 0.2) is 8.32 Å². The van der Waals surface area contributed by atoms with Crippen molar-refractivity contribution in [1.29, 1.82) is 0 Å². The first-order valence-electron chi connectivity index (χ1n) is 15.8. The maximum atomic E-state index is 12.0. The van der Waals surface area contributed by atoms with Crippen LogP contribution in [0.3, 0.4) is 0 Å². The number of benzene rings is 1. The predicted octanol–water partition coefficient (Wildman–Crippen LogP) is 9.29. The summed E-state index contributed by atoms with van der Waals surface area (Å²) in [4.78, 5) is 12.0. The molecule has 0 saturated carbocycles. The summed E-state index contributed by atoms with van der Waals surface area (Å²) in [6.07, 6.45) is 20.6. The Morgan fingerprint density at radius 1 is 0.953 bits per heavy atom. The molecule has 1 aromatic rings. The number of carbonyl (C=O) groups excluding carboxylic acids is 1. The highest BCUT2D eigenvalue weighted by molar-refractivity contribution is 6.74. The van der Waals surface area contributed by atoms with Crippen molar-refractivity contribution in [2.24, 2.45) is 11.8 Å². The van der Waals surface area contributed by atoms with E-state index in [1.165, 1.54) is 16.7 Å². The van der Waals surface area contributed by atoms with Gasteiger partial charge in [-0.25, -0.2) is 0 Å². The maximum absolute atomic E-state index is 12.0. The van der Waals surface area contributed by atoms with E-state index < -0.39 is 8.32 Å². The van der Waals surface area contributed by atoms with E-state index in [0.717, 1.165) is 12.8 Å². The van der Waals surface area contributed by atoms with Crippen molar-refractivity contribution in [2.75, 3.05) is 6.61 Å². The van der Waals surface area contributed by atoms with E-state index >= 15 is 0 Å². The molecule has 1 aromatic carbocycles. The molecule has 0 heterocycles. The van der Waals surface area contributed by atoms with Crippen LogP contribution in [0.25, 0.3) is 0 Å². The van der Waals surface area contributed by atoms with Crippen LogP contribution in [-0.2, 0) is 15.6 Å². The molecule has 0 fully saturated rings. The summed E-state index contributed by atoms with van der Waals surface area (Å²) in [5, 5.41) is 12.0. The summed E-state index contributed by atoms with van der Waals surface area (Å²) >= 11 is 0. The van der Waals surface area contributed by atoms with Gasteiger partial charge in [0.25, 0.3) is 0 Å². The smallest absolute Gasteiger partial charge is 0.247 e. The third-order valence-electron chi connectivity index (χ3n) is 8.12. The number of hydrogen-bond donors (Lipinski definition) is 2. The quantitative estimate of drug-likeness (QED) is 0.0854. The van der Waals surface area contributed by atoms with E-state index in [9.17, 15) is 4.79 Å². The van der Waals surface area contributed by atoms with Crippen molar-refractivity contribution >= 4 is 14.2 Å². The highest BCUT2D eigenvalue weighted by Crippen LogP contribution is 2.39. The lowest BCUT2D eigenvalue weighted by atomic mass is 9.92. The van der Waals surface area contributed by atoms with Gasteiger partial charge >= 0.3 is 0 Å². The van der Waals surface area contributed by atoms with Crippen LogP contribution in [0.15, 0.2) is 102 Å². The molecule has 0 aliphatic rings. The topological polar surface area (TPSA) is 58.6 Å². The zero-order valence-corrected chi connectivity index (χ0v) is 29.8. The minimum Gasteiger partial charge on any atom is -0.410 e. The van der Waals surface area contributed by atoms with E-state index in [0.29, 0.717) is 11.5 Å². The Labute approximate surface area is 264 Å². The van der Waals surface area contributed by atoms with Crippen molar-refractivity contribution in [3.8, 4) is 0 Å². The van der Waals surface area contributed by atoms with Crippen molar-refractivity contribution in [1.82, 2.24) is 5.32 Å². The van der Waals surface area contributed by atoms with Crippen molar-refractivity contribution in [3.05, 3.63) is 107 Å². The van der Waals surface area contributed by atoms with Crippen molar-refractivity contribution in [3.63, 3.8) is 0 Å². The number of nitrogens with one attached hydrogen (secondary N) is 1. The van der Waals surface area contributed by atoms with E-state index in [-0.39, 0.29) is 35.6 Å². The first-order valence-corrected chi connectivity index (χ1v) is 18.7. The molecule has 4 nitrogen and oxygen atoms in total. The van der Waals surface area contributed by atoms with Crippen LogP contribution < -0.4 is 5.32 Å². The summed E-state index contributed by atoms with van der Waals surface area (Å²) in [7, 11) is -1.98. The lowest BCUT2D eigenvalue weighted by molar-refractivity contribution is -0.118. The Morgan fingerprint density at radius 3 is 2.16 bits per heavy atom. The predicted molar refractivity (Wildman–Crippen MR) is 189 cm³/mol. The monoisotopic (exact) mass is 605 g/mol. The minimum atomic E-state index is -1.98. The summed E-state index contributed by atoms with van der Waals surface area (Å²) in [6, 6.07) is 10.5. The van der Waals surface area contributed by atoms with Crippen LogP contribution in [0.4, 0.5) is 0 Å². The Morgan fingerprint density at radius 2 is 1.56 bits per heavy atom. The van der Waals surface area contributed by atoms with Gasteiger partial charge in [0.2, 0.25) is 5.91 Å². The standard InChI is InChI=1S/C38H59NO3Si/c1-29(20-16-13-12-14-17-21-31(3)37(41)39-34(6)28-40)26-32(4)36(42-43(10,11)38(7,8)9)33(5)27-30(2)24-25-35-22-18-15-19-23-35/h12-23,26-27,30,32,34,36,40H,24-25,28H2,1-11H3,(H,39,41)/b13-12+,17-14+,20-16+,29-26+,31-21+,33-27+/t30-,32+,34-,36-/m0/s1. The Bertz CT molecular complexity index is 1170. The Balaban J connectivity index is 2.96. The highest BCUT2D eigenvalue weighted by Gasteiger charge is 2.40. The van der Waals surface area contributed by atoms with Gasteiger partial charge in [-0.3, -0.25) is 4.79 Å². The maximum Gasteiger partial charge on any atom is 0.247 e. The van der Waals surface area contributed by atoms with Gasteiger partial charge in [-0.1, -0.05) is 125 Å². The lowest BCUT2D eigenvalue weighted by Crippen LogP contribution is -2.45. The molecule has 0 spiro atoms. The Kier molecular flexibility index (Phi) is 16.8. The van der Waals surface area contributed by atoms with Crippen LogP contribution in [-0.4, -0.2) is 38.1 Å². The molecule has 0 radical (unpaired) electrons. The van der Waals surface area contributed by atoms with Crippen LogP contribution in [0.5, 0.6) is 0 Å². The number of hydrogen-bond acceptors (Lipinski definition) is 3. The van der Waals surface area contributed by atoms with Gasteiger partial charge in [-0.2, -0.15) is 0 Å². The van der Waals surface area contributed by atoms with E-state index in [1.807, 2.05) is 30.4 Å². The molecule has 238 valence electrons. The number of aliphatic hydroxyl groups excluding tert-OH is 1.